The first-order valence-electron chi connectivity index (χ1n) is 3.26. The van der Waals surface area contributed by atoms with Gasteiger partial charge in [0.05, 0.1) is 16.5 Å². The molecule has 0 aromatic heterocycles. The third-order valence-corrected chi connectivity index (χ3v) is 2.11. The van der Waals surface area contributed by atoms with E-state index in [1.165, 1.54) is 0 Å². The minimum absolute atomic E-state index is 0.532. The van der Waals surface area contributed by atoms with Crippen LogP contribution in [-0.4, -0.2) is 28.0 Å². The predicted molar refractivity (Wildman–Crippen MR) is 50.2 cm³/mol. The Labute approximate surface area is 71.4 Å². The Balaban J connectivity index is 2.40. The van der Waals surface area contributed by atoms with Gasteiger partial charge in [0.1, 0.15) is 0 Å². The summed E-state index contributed by atoms with van der Waals surface area (Å²) in [6.07, 6.45) is 2.18. The minimum Gasteiger partial charge on any atom is -0.392 e. The van der Waals surface area contributed by atoms with Gasteiger partial charge < -0.3 is 10.6 Å². The van der Waals surface area contributed by atoms with Gasteiger partial charge in [-0.15, -0.1) is 0 Å². The molecular formula is C6H10N2S2. The van der Waals surface area contributed by atoms with Crippen molar-refractivity contribution in [3.05, 3.63) is 0 Å². The molecule has 4 heteroatoms. The van der Waals surface area contributed by atoms with E-state index in [0.717, 1.165) is 24.4 Å². The first-order chi connectivity index (χ1) is 4.70. The van der Waals surface area contributed by atoms with Gasteiger partial charge in [0.25, 0.3) is 0 Å². The summed E-state index contributed by atoms with van der Waals surface area (Å²) in [5.41, 5.74) is 5.36. The van der Waals surface area contributed by atoms with E-state index in [1.807, 2.05) is 0 Å². The van der Waals surface area contributed by atoms with Crippen LogP contribution >= 0.6 is 24.4 Å². The summed E-state index contributed by atoms with van der Waals surface area (Å²) in [5.74, 6) is 0. The van der Waals surface area contributed by atoms with Crippen molar-refractivity contribution in [3.63, 3.8) is 0 Å². The Kier molecular flexibility index (Phi) is 2.56. The fourth-order valence-electron chi connectivity index (χ4n) is 1.06. The SMILES string of the molecule is NC(=S)CN1CCCC1=S. The average Bonchev–Trinajstić information content (AvgIpc) is 2.15. The standard InChI is InChI=1S/C6H10N2S2/c7-5(9)4-8-3-1-2-6(8)10/h1-4H2,(H2,7,9). The van der Waals surface area contributed by atoms with Crippen LogP contribution in [0.15, 0.2) is 0 Å². The second-order valence-corrected chi connectivity index (χ2v) is 3.38. The van der Waals surface area contributed by atoms with Crippen molar-refractivity contribution >= 4 is 34.4 Å². The number of likely N-dealkylation sites (tertiary alicyclic amines) is 1. The normalized spacial score (nSPS) is 18.0. The fourth-order valence-corrected chi connectivity index (χ4v) is 1.52. The van der Waals surface area contributed by atoms with Crippen LogP contribution in [0.1, 0.15) is 12.8 Å². The fraction of sp³-hybridized carbons (Fsp3) is 0.667. The van der Waals surface area contributed by atoms with Gasteiger partial charge in [-0.05, 0) is 12.8 Å². The molecule has 2 nitrogen and oxygen atoms in total. The predicted octanol–water partition coefficient (Wildman–Crippen LogP) is 0.696. The van der Waals surface area contributed by atoms with E-state index in [-0.39, 0.29) is 0 Å². The van der Waals surface area contributed by atoms with E-state index >= 15 is 0 Å². The zero-order valence-electron chi connectivity index (χ0n) is 5.67. The summed E-state index contributed by atoms with van der Waals surface area (Å²) in [6.45, 7) is 1.68. The van der Waals surface area contributed by atoms with Crippen molar-refractivity contribution in [2.24, 2.45) is 5.73 Å². The van der Waals surface area contributed by atoms with E-state index < -0.39 is 0 Å². The van der Waals surface area contributed by atoms with Crippen LogP contribution in [0.25, 0.3) is 0 Å². The Morgan fingerprint density at radius 2 is 2.40 bits per heavy atom. The second-order valence-electron chi connectivity index (χ2n) is 2.39. The van der Waals surface area contributed by atoms with E-state index in [1.54, 1.807) is 0 Å². The lowest BCUT2D eigenvalue weighted by atomic mass is 10.4. The molecule has 0 unspecified atom stereocenters. The number of nitrogens with two attached hydrogens (primary N) is 1. The van der Waals surface area contributed by atoms with Crippen LogP contribution in [0.2, 0.25) is 0 Å². The molecule has 0 atom stereocenters. The third-order valence-electron chi connectivity index (χ3n) is 1.52. The van der Waals surface area contributed by atoms with Gasteiger partial charge in [-0.2, -0.15) is 0 Å². The lowest BCUT2D eigenvalue weighted by molar-refractivity contribution is 0.523. The highest BCUT2D eigenvalue weighted by Gasteiger charge is 2.16. The van der Waals surface area contributed by atoms with Gasteiger partial charge >= 0.3 is 0 Å². The molecule has 1 rings (SSSR count). The molecule has 1 saturated heterocycles. The molecular weight excluding hydrogens is 164 g/mol. The Hall–Kier alpha value is -0.220. The van der Waals surface area contributed by atoms with Gasteiger partial charge in [-0.1, -0.05) is 24.4 Å². The second kappa shape index (κ2) is 3.25. The first kappa shape index (κ1) is 7.88. The molecule has 56 valence electrons. The van der Waals surface area contributed by atoms with Gasteiger partial charge in [0.2, 0.25) is 0 Å². The molecule has 10 heavy (non-hydrogen) atoms. The third kappa shape index (κ3) is 1.88. The van der Waals surface area contributed by atoms with Crippen LogP contribution in [0.5, 0.6) is 0 Å². The van der Waals surface area contributed by atoms with Crippen molar-refractivity contribution < 1.29 is 0 Å². The minimum atomic E-state index is 0.532. The van der Waals surface area contributed by atoms with E-state index in [2.05, 4.69) is 4.90 Å². The zero-order chi connectivity index (χ0) is 7.56. The lowest BCUT2D eigenvalue weighted by Crippen LogP contribution is -2.32. The van der Waals surface area contributed by atoms with Crippen molar-refractivity contribution in [3.8, 4) is 0 Å². The van der Waals surface area contributed by atoms with E-state index in [0.29, 0.717) is 11.5 Å². The molecule has 0 spiro atoms. The number of nitrogens with zero attached hydrogens (tertiary/aromatic N) is 1. The Morgan fingerprint density at radius 3 is 2.80 bits per heavy atom. The van der Waals surface area contributed by atoms with Crippen LogP contribution in [0.3, 0.4) is 0 Å². The molecule has 2 N–H and O–H groups in total. The largest absolute Gasteiger partial charge is 0.392 e. The lowest BCUT2D eigenvalue weighted by Gasteiger charge is -2.15. The van der Waals surface area contributed by atoms with Crippen molar-refractivity contribution in [1.82, 2.24) is 4.90 Å². The molecule has 1 heterocycles. The van der Waals surface area contributed by atoms with Gasteiger partial charge in [0, 0.05) is 6.54 Å². The molecule has 0 aromatic rings. The number of rotatable bonds is 2. The van der Waals surface area contributed by atoms with Crippen LogP contribution in [-0.2, 0) is 0 Å². The van der Waals surface area contributed by atoms with E-state index in [4.69, 9.17) is 30.2 Å². The highest BCUT2D eigenvalue weighted by Crippen LogP contribution is 2.10. The highest BCUT2D eigenvalue weighted by atomic mass is 32.1. The van der Waals surface area contributed by atoms with Crippen LogP contribution in [0.4, 0.5) is 0 Å². The molecule has 0 saturated carbocycles. The topological polar surface area (TPSA) is 29.3 Å². The Bertz CT molecular complexity index is 167. The van der Waals surface area contributed by atoms with Crippen molar-refractivity contribution in [2.75, 3.05) is 13.1 Å². The monoisotopic (exact) mass is 174 g/mol. The Morgan fingerprint density at radius 1 is 1.70 bits per heavy atom. The van der Waals surface area contributed by atoms with Crippen LogP contribution < -0.4 is 5.73 Å². The van der Waals surface area contributed by atoms with Crippen molar-refractivity contribution in [1.29, 1.82) is 0 Å². The molecule has 1 fully saturated rings. The number of hydrogen-bond acceptors (Lipinski definition) is 2. The van der Waals surface area contributed by atoms with Gasteiger partial charge in [0.15, 0.2) is 0 Å². The number of hydrogen-bond donors (Lipinski definition) is 1. The molecule has 0 aliphatic carbocycles. The molecule has 0 bridgehead atoms. The highest BCUT2D eigenvalue weighted by molar-refractivity contribution is 7.80. The molecule has 0 radical (unpaired) electrons. The summed E-state index contributed by atoms with van der Waals surface area (Å²) < 4.78 is 0. The summed E-state index contributed by atoms with van der Waals surface area (Å²) in [4.78, 5) is 3.61. The van der Waals surface area contributed by atoms with Gasteiger partial charge in [-0.3, -0.25) is 0 Å². The van der Waals surface area contributed by atoms with E-state index in [9.17, 15) is 0 Å². The summed E-state index contributed by atoms with van der Waals surface area (Å²) in [7, 11) is 0. The maximum absolute atomic E-state index is 5.36. The first-order valence-corrected chi connectivity index (χ1v) is 4.08. The summed E-state index contributed by atoms with van der Waals surface area (Å²) in [6, 6.07) is 0. The summed E-state index contributed by atoms with van der Waals surface area (Å²) >= 11 is 9.83. The maximum atomic E-state index is 5.36. The molecule has 0 aromatic carbocycles. The summed E-state index contributed by atoms with van der Waals surface area (Å²) in [5, 5.41) is 0. The van der Waals surface area contributed by atoms with Crippen molar-refractivity contribution in [2.45, 2.75) is 12.8 Å². The molecule has 1 aliphatic heterocycles. The molecule has 0 amide bonds. The average molecular weight is 174 g/mol. The quantitative estimate of drug-likeness (QED) is 0.624. The van der Waals surface area contributed by atoms with Crippen LogP contribution in [0, 0.1) is 0 Å². The smallest absolute Gasteiger partial charge is 0.0924 e. The molecule has 1 aliphatic rings. The van der Waals surface area contributed by atoms with Gasteiger partial charge in [-0.25, -0.2) is 0 Å². The zero-order valence-corrected chi connectivity index (χ0v) is 7.30. The maximum Gasteiger partial charge on any atom is 0.0924 e. The number of thiocarbonyl (C=S) groups is 2.